The fourth-order valence-electron chi connectivity index (χ4n) is 1.33. The van der Waals surface area contributed by atoms with Gasteiger partial charge in [-0.3, -0.25) is 9.52 Å². The number of ether oxygens (including phenoxy) is 1. The van der Waals surface area contributed by atoms with E-state index in [1.165, 1.54) is 25.4 Å². The SMILES string of the molecule is COC[C@H](C)C(=O)NS(=O)(=O)Cc1ccc(Cl)nc1. The van der Waals surface area contributed by atoms with Crippen LogP contribution >= 0.6 is 11.6 Å². The highest BCUT2D eigenvalue weighted by Crippen LogP contribution is 2.08. The standard InChI is InChI=1S/C11H15ClN2O4S/c1-8(6-18-2)11(15)14-19(16,17)7-9-3-4-10(12)13-5-9/h3-5,8H,6-7H2,1-2H3,(H,14,15)/t8-/m0/s1. The molecule has 0 saturated heterocycles. The molecule has 1 atom stereocenters. The molecule has 0 saturated carbocycles. The number of halogens is 1. The zero-order chi connectivity index (χ0) is 14.5. The Bertz CT molecular complexity index is 530. The summed E-state index contributed by atoms with van der Waals surface area (Å²) >= 11 is 5.60. The van der Waals surface area contributed by atoms with Gasteiger partial charge in [0.2, 0.25) is 15.9 Å². The largest absolute Gasteiger partial charge is 0.384 e. The van der Waals surface area contributed by atoms with Crippen LogP contribution in [0.4, 0.5) is 0 Å². The predicted molar refractivity (Wildman–Crippen MR) is 71.1 cm³/mol. The van der Waals surface area contributed by atoms with Crippen molar-refractivity contribution in [3.63, 3.8) is 0 Å². The first kappa shape index (κ1) is 15.9. The van der Waals surface area contributed by atoms with E-state index in [9.17, 15) is 13.2 Å². The van der Waals surface area contributed by atoms with E-state index in [0.717, 1.165) is 0 Å². The summed E-state index contributed by atoms with van der Waals surface area (Å²) in [6, 6.07) is 3.03. The minimum Gasteiger partial charge on any atom is -0.384 e. The molecule has 0 fully saturated rings. The van der Waals surface area contributed by atoms with Gasteiger partial charge >= 0.3 is 0 Å². The summed E-state index contributed by atoms with van der Waals surface area (Å²) in [5, 5.41) is 0.277. The monoisotopic (exact) mass is 306 g/mol. The molecular formula is C11H15ClN2O4S. The second-order valence-corrected chi connectivity index (χ2v) is 6.18. The number of rotatable bonds is 6. The second kappa shape index (κ2) is 6.83. The van der Waals surface area contributed by atoms with E-state index in [2.05, 4.69) is 4.98 Å². The Kier molecular flexibility index (Phi) is 5.71. The summed E-state index contributed by atoms with van der Waals surface area (Å²) in [5.41, 5.74) is 0.448. The predicted octanol–water partition coefficient (Wildman–Crippen LogP) is 0.964. The third-order valence-electron chi connectivity index (χ3n) is 2.27. The summed E-state index contributed by atoms with van der Waals surface area (Å²) in [5.74, 6) is -1.46. The van der Waals surface area contributed by atoms with Crippen LogP contribution in [0.2, 0.25) is 5.15 Å². The van der Waals surface area contributed by atoms with Crippen molar-refractivity contribution in [2.24, 2.45) is 5.92 Å². The van der Waals surface area contributed by atoms with Gasteiger partial charge < -0.3 is 4.74 Å². The molecule has 0 aliphatic heterocycles. The van der Waals surface area contributed by atoms with Gasteiger partial charge in [-0.1, -0.05) is 24.6 Å². The van der Waals surface area contributed by atoms with Gasteiger partial charge in [-0.05, 0) is 11.6 Å². The lowest BCUT2D eigenvalue weighted by atomic mass is 10.2. The molecule has 0 radical (unpaired) electrons. The number of carbonyl (C=O) groups excluding carboxylic acids is 1. The number of carbonyl (C=O) groups is 1. The average molecular weight is 307 g/mol. The third-order valence-corrected chi connectivity index (χ3v) is 3.71. The zero-order valence-corrected chi connectivity index (χ0v) is 12.2. The molecule has 1 rings (SSSR count). The van der Waals surface area contributed by atoms with E-state index in [0.29, 0.717) is 5.56 Å². The number of methoxy groups -OCH3 is 1. The minimum atomic E-state index is -3.75. The van der Waals surface area contributed by atoms with E-state index in [1.807, 2.05) is 4.72 Å². The lowest BCUT2D eigenvalue weighted by Gasteiger charge is -2.11. The normalized spacial score (nSPS) is 13.0. The van der Waals surface area contributed by atoms with Gasteiger partial charge in [-0.25, -0.2) is 13.4 Å². The molecule has 1 aromatic rings. The number of amides is 1. The van der Waals surface area contributed by atoms with Gasteiger partial charge in [0.05, 0.1) is 18.3 Å². The molecule has 19 heavy (non-hydrogen) atoms. The Morgan fingerprint density at radius 2 is 2.21 bits per heavy atom. The Morgan fingerprint density at radius 3 is 2.74 bits per heavy atom. The highest BCUT2D eigenvalue weighted by Gasteiger charge is 2.20. The molecule has 0 spiro atoms. The summed E-state index contributed by atoms with van der Waals surface area (Å²) < 4.78 is 30.3. The lowest BCUT2D eigenvalue weighted by molar-refractivity contribution is -0.124. The van der Waals surface area contributed by atoms with Crippen LogP contribution in [0.25, 0.3) is 0 Å². The summed E-state index contributed by atoms with van der Waals surface area (Å²) in [6.07, 6.45) is 1.35. The topological polar surface area (TPSA) is 85.4 Å². The first-order valence-corrected chi connectivity index (χ1v) is 7.51. The number of nitrogens with one attached hydrogen (secondary N) is 1. The average Bonchev–Trinajstić information content (AvgIpc) is 2.31. The molecule has 8 heteroatoms. The van der Waals surface area contributed by atoms with Gasteiger partial charge in [0.15, 0.2) is 0 Å². The smallest absolute Gasteiger partial charge is 0.239 e. The van der Waals surface area contributed by atoms with Crippen molar-refractivity contribution in [3.8, 4) is 0 Å². The van der Waals surface area contributed by atoms with Crippen molar-refractivity contribution in [2.75, 3.05) is 13.7 Å². The molecule has 0 aromatic carbocycles. The van der Waals surface area contributed by atoms with Crippen molar-refractivity contribution < 1.29 is 17.9 Å². The molecule has 0 bridgehead atoms. The molecule has 1 heterocycles. The van der Waals surface area contributed by atoms with Crippen molar-refractivity contribution in [3.05, 3.63) is 29.0 Å². The fourth-order valence-corrected chi connectivity index (χ4v) is 2.63. The van der Waals surface area contributed by atoms with Crippen LogP contribution in [0.15, 0.2) is 18.3 Å². The number of hydrogen-bond acceptors (Lipinski definition) is 5. The highest BCUT2D eigenvalue weighted by atomic mass is 35.5. The van der Waals surface area contributed by atoms with Crippen molar-refractivity contribution in [1.82, 2.24) is 9.71 Å². The highest BCUT2D eigenvalue weighted by molar-refractivity contribution is 7.89. The van der Waals surface area contributed by atoms with Crippen LogP contribution in [-0.2, 0) is 25.3 Å². The molecule has 1 aromatic heterocycles. The Morgan fingerprint density at radius 1 is 1.53 bits per heavy atom. The van der Waals surface area contributed by atoms with E-state index >= 15 is 0 Å². The molecule has 6 nitrogen and oxygen atoms in total. The number of nitrogens with zero attached hydrogens (tertiary/aromatic N) is 1. The third kappa shape index (κ3) is 5.54. The first-order valence-electron chi connectivity index (χ1n) is 5.48. The minimum absolute atomic E-state index is 0.157. The maximum atomic E-state index is 11.8. The quantitative estimate of drug-likeness (QED) is 0.791. The van der Waals surface area contributed by atoms with Gasteiger partial charge in [0, 0.05) is 13.3 Å². The van der Waals surface area contributed by atoms with E-state index in [1.54, 1.807) is 6.92 Å². The molecule has 1 amide bonds. The fraction of sp³-hybridized carbons (Fsp3) is 0.455. The zero-order valence-electron chi connectivity index (χ0n) is 10.6. The Balaban J connectivity index is 2.66. The summed E-state index contributed by atoms with van der Waals surface area (Å²) in [6.45, 7) is 1.74. The maximum Gasteiger partial charge on any atom is 0.239 e. The second-order valence-electron chi connectivity index (χ2n) is 4.07. The van der Waals surface area contributed by atoms with Crippen LogP contribution in [-0.4, -0.2) is 33.0 Å². The maximum absolute atomic E-state index is 11.8. The Hall–Kier alpha value is -1.18. The first-order chi connectivity index (χ1) is 8.84. The van der Waals surface area contributed by atoms with Gasteiger partial charge in [-0.2, -0.15) is 0 Å². The van der Waals surface area contributed by atoms with Crippen molar-refractivity contribution in [1.29, 1.82) is 0 Å². The molecule has 0 aliphatic carbocycles. The number of aromatic nitrogens is 1. The van der Waals surface area contributed by atoms with E-state index < -0.39 is 21.8 Å². The van der Waals surface area contributed by atoms with Crippen molar-refractivity contribution >= 4 is 27.5 Å². The van der Waals surface area contributed by atoms with Gasteiger partial charge in [-0.15, -0.1) is 0 Å². The molecule has 1 N–H and O–H groups in total. The van der Waals surface area contributed by atoms with Crippen LogP contribution in [0.3, 0.4) is 0 Å². The lowest BCUT2D eigenvalue weighted by Crippen LogP contribution is -2.36. The van der Waals surface area contributed by atoms with Gasteiger partial charge in [0.25, 0.3) is 0 Å². The number of pyridine rings is 1. The van der Waals surface area contributed by atoms with E-state index in [-0.39, 0.29) is 17.5 Å². The molecule has 0 unspecified atom stereocenters. The van der Waals surface area contributed by atoms with Crippen LogP contribution in [0.1, 0.15) is 12.5 Å². The van der Waals surface area contributed by atoms with Crippen LogP contribution < -0.4 is 4.72 Å². The van der Waals surface area contributed by atoms with Gasteiger partial charge in [0.1, 0.15) is 5.15 Å². The molecule has 106 valence electrons. The Labute approximate surface area is 117 Å². The van der Waals surface area contributed by atoms with Crippen molar-refractivity contribution in [2.45, 2.75) is 12.7 Å². The number of hydrogen-bond donors (Lipinski definition) is 1. The summed E-state index contributed by atoms with van der Waals surface area (Å²) in [7, 11) is -2.31. The number of sulfonamides is 1. The van der Waals surface area contributed by atoms with Crippen LogP contribution in [0.5, 0.6) is 0 Å². The van der Waals surface area contributed by atoms with Crippen LogP contribution in [0, 0.1) is 5.92 Å². The molecule has 0 aliphatic rings. The molecular weight excluding hydrogens is 292 g/mol. The summed E-state index contributed by atoms with van der Waals surface area (Å²) in [4.78, 5) is 15.4. The van der Waals surface area contributed by atoms with E-state index in [4.69, 9.17) is 16.3 Å².